The van der Waals surface area contributed by atoms with E-state index in [1.165, 1.54) is 12.1 Å². The maximum absolute atomic E-state index is 12.5. The fourth-order valence-electron chi connectivity index (χ4n) is 1.19. The van der Waals surface area contributed by atoms with Gasteiger partial charge < -0.3 is 10.2 Å². The number of hydrogen-bond donors (Lipinski definition) is 2. The molecule has 0 radical (unpaired) electrons. The molecule has 0 saturated carbocycles. The summed E-state index contributed by atoms with van der Waals surface area (Å²) in [4.78, 5) is 11.4. The summed E-state index contributed by atoms with van der Waals surface area (Å²) in [5, 5.41) is 0. The molecule has 0 aliphatic heterocycles. The molecule has 0 spiro atoms. The minimum Gasteiger partial charge on any atom is -0.462 e. The fraction of sp³-hybridized carbons (Fsp3) is 0.300. The number of esters is 1. The zero-order valence-corrected chi connectivity index (χ0v) is 8.67. The molecular formula is C10H12F2N2O2. The number of nitrogen functional groups attached to an aromatic ring is 1. The summed E-state index contributed by atoms with van der Waals surface area (Å²) in [6, 6.07) is 3.61. The Balaban J connectivity index is 3.08. The molecule has 6 heteroatoms. The van der Waals surface area contributed by atoms with E-state index in [9.17, 15) is 13.6 Å². The summed E-state index contributed by atoms with van der Waals surface area (Å²) >= 11 is 0. The van der Waals surface area contributed by atoms with Gasteiger partial charge in [-0.15, -0.1) is 0 Å². The number of carbonyl (C=O) groups excluding carboxylic acids is 1. The third-order valence-corrected chi connectivity index (χ3v) is 1.89. The first-order valence-corrected chi connectivity index (χ1v) is 4.65. The third-order valence-electron chi connectivity index (χ3n) is 1.89. The van der Waals surface area contributed by atoms with Crippen LogP contribution in [0.1, 0.15) is 29.3 Å². The Morgan fingerprint density at radius 3 is 2.69 bits per heavy atom. The molecule has 4 nitrogen and oxygen atoms in total. The number of anilines is 1. The molecule has 0 bridgehead atoms. The van der Waals surface area contributed by atoms with Gasteiger partial charge in [-0.1, -0.05) is 0 Å². The van der Waals surface area contributed by atoms with Crippen LogP contribution in [0, 0.1) is 0 Å². The van der Waals surface area contributed by atoms with Gasteiger partial charge in [0.15, 0.2) is 0 Å². The van der Waals surface area contributed by atoms with Crippen molar-refractivity contribution in [1.82, 2.24) is 0 Å². The average Bonchev–Trinajstić information content (AvgIpc) is 2.28. The lowest BCUT2D eigenvalue weighted by Gasteiger charge is -2.08. The molecule has 0 aliphatic carbocycles. The van der Waals surface area contributed by atoms with Gasteiger partial charge in [0.1, 0.15) is 0 Å². The van der Waals surface area contributed by atoms with E-state index in [0.717, 1.165) is 6.07 Å². The number of nitrogens with one attached hydrogen (secondary N) is 1. The van der Waals surface area contributed by atoms with Crippen LogP contribution in [0.3, 0.4) is 0 Å². The summed E-state index contributed by atoms with van der Waals surface area (Å²) < 4.78 is 29.7. The highest BCUT2D eigenvalue weighted by molar-refractivity contribution is 5.90. The highest BCUT2D eigenvalue weighted by atomic mass is 19.3. The SMILES string of the molecule is CCOC(=O)c1cc(NN)cc(C(F)F)c1. The Bertz CT molecular complexity index is 383. The summed E-state index contributed by atoms with van der Waals surface area (Å²) in [6.07, 6.45) is -2.67. The number of hydrazine groups is 1. The Hall–Kier alpha value is -1.69. The van der Waals surface area contributed by atoms with Crippen LogP contribution >= 0.6 is 0 Å². The van der Waals surface area contributed by atoms with Crippen molar-refractivity contribution in [2.24, 2.45) is 5.84 Å². The summed E-state index contributed by atoms with van der Waals surface area (Å²) in [7, 11) is 0. The van der Waals surface area contributed by atoms with Gasteiger partial charge in [0.25, 0.3) is 6.43 Å². The lowest BCUT2D eigenvalue weighted by atomic mass is 10.1. The van der Waals surface area contributed by atoms with Crippen molar-refractivity contribution in [3.05, 3.63) is 29.3 Å². The van der Waals surface area contributed by atoms with Crippen LogP contribution in [0.2, 0.25) is 0 Å². The number of halogens is 2. The predicted octanol–water partition coefficient (Wildman–Crippen LogP) is 2.09. The second kappa shape index (κ2) is 5.41. The average molecular weight is 230 g/mol. The fourth-order valence-corrected chi connectivity index (χ4v) is 1.19. The van der Waals surface area contributed by atoms with E-state index >= 15 is 0 Å². The first kappa shape index (κ1) is 12.4. The minimum absolute atomic E-state index is 0.0487. The molecule has 1 rings (SSSR count). The number of hydrogen-bond acceptors (Lipinski definition) is 4. The molecule has 0 heterocycles. The van der Waals surface area contributed by atoms with E-state index in [4.69, 9.17) is 10.6 Å². The summed E-state index contributed by atoms with van der Waals surface area (Å²) in [6.45, 7) is 1.82. The zero-order valence-electron chi connectivity index (χ0n) is 8.67. The molecule has 1 aromatic carbocycles. The molecule has 0 atom stereocenters. The monoisotopic (exact) mass is 230 g/mol. The molecule has 0 fully saturated rings. The maximum Gasteiger partial charge on any atom is 0.338 e. The second-order valence-corrected chi connectivity index (χ2v) is 3.01. The van der Waals surface area contributed by atoms with E-state index in [2.05, 4.69) is 5.43 Å². The topological polar surface area (TPSA) is 64.3 Å². The number of rotatable bonds is 4. The lowest BCUT2D eigenvalue weighted by molar-refractivity contribution is 0.0526. The zero-order chi connectivity index (χ0) is 12.1. The number of ether oxygens (including phenoxy) is 1. The van der Waals surface area contributed by atoms with E-state index in [1.807, 2.05) is 0 Å². The molecule has 88 valence electrons. The Kier molecular flexibility index (Phi) is 4.19. The number of nitrogens with two attached hydrogens (primary N) is 1. The quantitative estimate of drug-likeness (QED) is 0.472. The van der Waals surface area contributed by atoms with E-state index in [1.54, 1.807) is 6.92 Å². The smallest absolute Gasteiger partial charge is 0.338 e. The van der Waals surface area contributed by atoms with Crippen LogP contribution in [0.25, 0.3) is 0 Å². The maximum atomic E-state index is 12.5. The molecule has 0 aliphatic rings. The Morgan fingerprint density at radius 1 is 1.50 bits per heavy atom. The van der Waals surface area contributed by atoms with Crippen LogP contribution in [-0.2, 0) is 4.74 Å². The van der Waals surface area contributed by atoms with Gasteiger partial charge in [0, 0.05) is 11.3 Å². The first-order chi connectivity index (χ1) is 7.58. The van der Waals surface area contributed by atoms with Crippen molar-refractivity contribution in [1.29, 1.82) is 0 Å². The van der Waals surface area contributed by atoms with Crippen molar-refractivity contribution in [3.63, 3.8) is 0 Å². The van der Waals surface area contributed by atoms with Crippen LogP contribution < -0.4 is 11.3 Å². The molecule has 3 N–H and O–H groups in total. The standard InChI is InChI=1S/C10H12F2N2O2/c1-2-16-10(15)7-3-6(9(11)12)4-8(5-7)14-13/h3-5,9,14H,2,13H2,1H3. The van der Waals surface area contributed by atoms with Crippen molar-refractivity contribution in [2.75, 3.05) is 12.0 Å². The van der Waals surface area contributed by atoms with Gasteiger partial charge >= 0.3 is 5.97 Å². The van der Waals surface area contributed by atoms with E-state index in [0.29, 0.717) is 0 Å². The normalized spacial score (nSPS) is 10.3. The molecule has 16 heavy (non-hydrogen) atoms. The van der Waals surface area contributed by atoms with Crippen LogP contribution in [0.5, 0.6) is 0 Å². The van der Waals surface area contributed by atoms with Gasteiger partial charge in [-0.3, -0.25) is 5.84 Å². The highest BCUT2D eigenvalue weighted by Gasteiger charge is 2.14. The van der Waals surface area contributed by atoms with Crippen molar-refractivity contribution in [3.8, 4) is 0 Å². The number of benzene rings is 1. The van der Waals surface area contributed by atoms with Crippen LogP contribution in [0.4, 0.5) is 14.5 Å². The predicted molar refractivity (Wildman–Crippen MR) is 55.2 cm³/mol. The van der Waals surface area contributed by atoms with Crippen LogP contribution in [-0.4, -0.2) is 12.6 Å². The van der Waals surface area contributed by atoms with E-state index in [-0.39, 0.29) is 23.4 Å². The van der Waals surface area contributed by atoms with Gasteiger partial charge in [0.2, 0.25) is 0 Å². The molecule has 0 saturated heterocycles. The summed E-state index contributed by atoms with van der Waals surface area (Å²) in [5.41, 5.74) is 2.22. The number of carbonyl (C=O) groups is 1. The Morgan fingerprint density at radius 2 is 2.19 bits per heavy atom. The molecule has 0 unspecified atom stereocenters. The second-order valence-electron chi connectivity index (χ2n) is 3.01. The third kappa shape index (κ3) is 2.90. The van der Waals surface area contributed by atoms with Gasteiger partial charge in [-0.05, 0) is 25.1 Å². The molecule has 0 aromatic heterocycles. The van der Waals surface area contributed by atoms with Gasteiger partial charge in [-0.25, -0.2) is 13.6 Å². The molecule has 0 amide bonds. The van der Waals surface area contributed by atoms with Crippen molar-refractivity contribution in [2.45, 2.75) is 13.3 Å². The van der Waals surface area contributed by atoms with Gasteiger partial charge in [0.05, 0.1) is 12.2 Å². The van der Waals surface area contributed by atoms with Crippen molar-refractivity contribution >= 4 is 11.7 Å². The highest BCUT2D eigenvalue weighted by Crippen LogP contribution is 2.24. The molecule has 1 aromatic rings. The largest absolute Gasteiger partial charge is 0.462 e. The molecular weight excluding hydrogens is 218 g/mol. The first-order valence-electron chi connectivity index (χ1n) is 4.65. The minimum atomic E-state index is -2.67. The van der Waals surface area contributed by atoms with E-state index < -0.39 is 12.4 Å². The Labute approximate surface area is 91.4 Å². The van der Waals surface area contributed by atoms with Crippen molar-refractivity contribution < 1.29 is 18.3 Å². The van der Waals surface area contributed by atoms with Crippen LogP contribution in [0.15, 0.2) is 18.2 Å². The summed E-state index contributed by atoms with van der Waals surface area (Å²) in [5.74, 6) is 4.46. The lowest BCUT2D eigenvalue weighted by Crippen LogP contribution is -2.10. The van der Waals surface area contributed by atoms with Gasteiger partial charge in [-0.2, -0.15) is 0 Å². The number of alkyl halides is 2.